The van der Waals surface area contributed by atoms with Crippen LogP contribution in [0.5, 0.6) is 11.9 Å². The second kappa shape index (κ2) is 16.5. The van der Waals surface area contributed by atoms with Gasteiger partial charge >= 0.3 is 12.1 Å². The first-order valence-corrected chi connectivity index (χ1v) is 23.5. The summed E-state index contributed by atoms with van der Waals surface area (Å²) < 4.78 is 50.4. The number of rotatable bonds is 9. The molecular formula is C46H60F2N6O4Si. The molecule has 4 aromatic rings. The third kappa shape index (κ3) is 8.07. The normalized spacial score (nSPS) is 20.2. The van der Waals surface area contributed by atoms with Gasteiger partial charge in [-0.25, -0.2) is 18.6 Å². The molecule has 7 rings (SSSR count). The van der Waals surface area contributed by atoms with Crippen LogP contribution in [0, 0.1) is 17.3 Å². The summed E-state index contributed by atoms with van der Waals surface area (Å²) in [6.07, 6.45) is 0.807. The fourth-order valence-corrected chi connectivity index (χ4v) is 15.3. The van der Waals surface area contributed by atoms with Crippen LogP contribution in [0.25, 0.3) is 32.9 Å². The Kier molecular flexibility index (Phi) is 11.9. The van der Waals surface area contributed by atoms with Gasteiger partial charge in [0.15, 0.2) is 5.82 Å². The number of hydrogen-bond donors (Lipinski definition) is 0. The van der Waals surface area contributed by atoms with Crippen LogP contribution in [-0.2, 0) is 4.74 Å². The van der Waals surface area contributed by atoms with E-state index in [1.54, 1.807) is 4.90 Å². The number of nitrogens with zero attached hydrogens (tertiary/aromatic N) is 6. The zero-order valence-corrected chi connectivity index (χ0v) is 37.4. The van der Waals surface area contributed by atoms with Crippen molar-refractivity contribution in [2.75, 3.05) is 57.9 Å². The van der Waals surface area contributed by atoms with Crippen molar-refractivity contribution in [3.05, 3.63) is 47.8 Å². The number of hydrogen-bond acceptors (Lipinski definition) is 9. The zero-order valence-electron chi connectivity index (χ0n) is 36.4. The van der Waals surface area contributed by atoms with Gasteiger partial charge in [0, 0.05) is 55.7 Å². The van der Waals surface area contributed by atoms with Crippen molar-refractivity contribution < 1.29 is 27.8 Å². The van der Waals surface area contributed by atoms with Crippen molar-refractivity contribution in [3.8, 4) is 34.6 Å². The number of benzene rings is 2. The summed E-state index contributed by atoms with van der Waals surface area (Å²) in [6, 6.07) is 11.8. The number of methoxy groups -OCH3 is 1. The topological polar surface area (TPSA) is 93.2 Å². The molecule has 0 saturated carbocycles. The van der Waals surface area contributed by atoms with Gasteiger partial charge < -0.3 is 24.0 Å². The quantitative estimate of drug-likeness (QED) is 0.121. The number of amides is 1. The minimum Gasteiger partial charge on any atom is -0.480 e. The highest BCUT2D eigenvalue weighted by molar-refractivity contribution is 6.90. The molecule has 0 N–H and O–H groups in total. The molecule has 10 nitrogen and oxygen atoms in total. The molecule has 59 heavy (non-hydrogen) atoms. The first kappa shape index (κ1) is 42.6. The van der Waals surface area contributed by atoms with Gasteiger partial charge in [0.2, 0.25) is 5.88 Å². The van der Waals surface area contributed by atoms with Gasteiger partial charge in [-0.1, -0.05) is 77.8 Å². The van der Waals surface area contributed by atoms with Crippen LogP contribution in [-0.4, -0.2) is 109 Å². The molecule has 3 aliphatic rings. The number of pyridine rings is 1. The summed E-state index contributed by atoms with van der Waals surface area (Å²) in [7, 11) is -0.589. The third-order valence-electron chi connectivity index (χ3n) is 12.8. The van der Waals surface area contributed by atoms with Crippen LogP contribution >= 0.6 is 0 Å². The van der Waals surface area contributed by atoms with Gasteiger partial charge in [-0.05, 0) is 68.2 Å². The van der Waals surface area contributed by atoms with Crippen molar-refractivity contribution in [2.24, 2.45) is 0 Å². The summed E-state index contributed by atoms with van der Waals surface area (Å²) >= 11 is 0. The van der Waals surface area contributed by atoms with E-state index in [2.05, 4.69) is 57.9 Å². The van der Waals surface area contributed by atoms with Gasteiger partial charge in [0.05, 0.1) is 12.6 Å². The van der Waals surface area contributed by atoms with Crippen LogP contribution in [0.4, 0.5) is 19.4 Å². The molecule has 0 bridgehead atoms. The third-order valence-corrected chi connectivity index (χ3v) is 19.1. The first-order valence-electron chi connectivity index (χ1n) is 21.2. The maximum absolute atomic E-state index is 17.6. The molecular weight excluding hydrogens is 767 g/mol. The lowest BCUT2D eigenvalue weighted by atomic mass is 9.95. The number of alkyl halides is 1. The fourth-order valence-electron chi connectivity index (χ4n) is 10.0. The van der Waals surface area contributed by atoms with Gasteiger partial charge in [0.1, 0.15) is 48.9 Å². The Balaban J connectivity index is 1.37. The lowest BCUT2D eigenvalue weighted by Crippen LogP contribution is -2.50. The highest BCUT2D eigenvalue weighted by atomic mass is 28.3. The summed E-state index contributed by atoms with van der Waals surface area (Å²) in [5.41, 5.74) is 5.58. The average molecular weight is 827 g/mol. The van der Waals surface area contributed by atoms with E-state index in [1.165, 1.54) is 7.11 Å². The molecule has 3 saturated heterocycles. The van der Waals surface area contributed by atoms with Crippen LogP contribution in [0.15, 0.2) is 36.4 Å². The second-order valence-corrected chi connectivity index (χ2v) is 24.1. The molecule has 2 atom stereocenters. The highest BCUT2D eigenvalue weighted by Gasteiger charge is 2.49. The summed E-state index contributed by atoms with van der Waals surface area (Å²) in [6.45, 7) is 22.1. The Labute approximate surface area is 349 Å². The average Bonchev–Trinajstić information content (AvgIpc) is 3.71. The molecule has 1 amide bonds. The van der Waals surface area contributed by atoms with Crippen molar-refractivity contribution in [1.29, 1.82) is 0 Å². The number of aromatic nitrogens is 3. The van der Waals surface area contributed by atoms with Crippen molar-refractivity contribution in [1.82, 2.24) is 24.8 Å². The SMILES string of the molecule is COc1nc(-c2cccc3cccc(C#C[Si](C(C)C)(C(C)C)C(C)C)c23)c(F)c2nc(OC[C@@]34CCCN3C[C@H](F)C4)nc(N3CCN(C(=O)OC(C)(C)C)CC3)c12. The van der Waals surface area contributed by atoms with E-state index in [4.69, 9.17) is 29.2 Å². The number of piperazine rings is 1. The molecule has 0 radical (unpaired) electrons. The Hall–Kier alpha value is -4.54. The lowest BCUT2D eigenvalue weighted by Gasteiger charge is -2.38. The highest BCUT2D eigenvalue weighted by Crippen LogP contribution is 2.44. The number of anilines is 1. The number of halogens is 2. The molecule has 13 heteroatoms. The van der Waals surface area contributed by atoms with E-state index in [9.17, 15) is 9.18 Å². The van der Waals surface area contributed by atoms with Crippen molar-refractivity contribution >= 4 is 41.7 Å². The van der Waals surface area contributed by atoms with Crippen molar-refractivity contribution in [3.63, 3.8) is 0 Å². The smallest absolute Gasteiger partial charge is 0.410 e. The second-order valence-electron chi connectivity index (χ2n) is 18.5. The van der Waals surface area contributed by atoms with Gasteiger partial charge in [0.25, 0.3) is 0 Å². The fraction of sp³-hybridized carbons (Fsp3) is 0.565. The monoisotopic (exact) mass is 826 g/mol. The molecule has 316 valence electrons. The largest absolute Gasteiger partial charge is 0.480 e. The minimum absolute atomic E-state index is 0.00315. The Morgan fingerprint density at radius 3 is 2.27 bits per heavy atom. The minimum atomic E-state index is -2.10. The molecule has 2 aromatic carbocycles. The van der Waals surface area contributed by atoms with Crippen LogP contribution in [0.2, 0.25) is 16.6 Å². The van der Waals surface area contributed by atoms with Crippen LogP contribution in [0.3, 0.4) is 0 Å². The molecule has 3 aliphatic heterocycles. The summed E-state index contributed by atoms with van der Waals surface area (Å²) in [5, 5.41) is 2.03. The first-order chi connectivity index (χ1) is 28.0. The van der Waals surface area contributed by atoms with E-state index in [0.29, 0.717) is 72.5 Å². The number of fused-ring (bicyclic) bond motifs is 3. The molecule has 5 heterocycles. The molecule has 3 fully saturated rings. The van der Waals surface area contributed by atoms with E-state index in [0.717, 1.165) is 35.7 Å². The lowest BCUT2D eigenvalue weighted by molar-refractivity contribution is 0.0240. The standard InChI is InChI=1S/C46H60F2N6O4Si/c1-29(2)59(30(3)4,31(5)6)25-18-33-15-11-14-32-16-12-17-35(36(32)33)39-38(48)40-37(42(49-39)56-10)41(52-21-23-53(24-22-52)44(55)58-45(7,8)9)51-43(50-40)57-28-46-19-13-20-54(46)27-34(47)26-46/h11-12,14-17,29-31,34H,13,19-24,26-28H2,1-10H3/t34-,46+/m1/s1. The van der Waals surface area contributed by atoms with E-state index in [1.807, 2.05) is 62.1 Å². The Morgan fingerprint density at radius 1 is 0.949 bits per heavy atom. The van der Waals surface area contributed by atoms with Crippen LogP contribution in [0.1, 0.15) is 87.1 Å². The maximum Gasteiger partial charge on any atom is 0.410 e. The molecule has 0 spiro atoms. The zero-order chi connectivity index (χ0) is 42.4. The Morgan fingerprint density at radius 2 is 1.63 bits per heavy atom. The molecule has 0 aliphatic carbocycles. The molecule has 0 unspecified atom stereocenters. The van der Waals surface area contributed by atoms with Gasteiger partial charge in [-0.2, -0.15) is 9.97 Å². The van der Waals surface area contributed by atoms with Gasteiger partial charge in [-0.3, -0.25) is 4.90 Å². The van der Waals surface area contributed by atoms with E-state index >= 15 is 4.39 Å². The predicted octanol–water partition coefficient (Wildman–Crippen LogP) is 9.57. The predicted molar refractivity (Wildman–Crippen MR) is 233 cm³/mol. The van der Waals surface area contributed by atoms with Gasteiger partial charge in [-0.15, -0.1) is 5.54 Å². The number of ether oxygens (including phenoxy) is 3. The number of carbonyl (C=O) groups is 1. The summed E-state index contributed by atoms with van der Waals surface area (Å²) in [4.78, 5) is 33.3. The maximum atomic E-state index is 17.6. The van der Waals surface area contributed by atoms with E-state index < -0.39 is 37.3 Å². The summed E-state index contributed by atoms with van der Waals surface area (Å²) in [5.74, 6) is 3.54. The van der Waals surface area contributed by atoms with Crippen molar-refractivity contribution in [2.45, 2.75) is 116 Å². The van der Waals surface area contributed by atoms with E-state index in [-0.39, 0.29) is 29.7 Å². The molecule has 2 aromatic heterocycles. The number of carbonyl (C=O) groups excluding carboxylic acids is 1. The van der Waals surface area contributed by atoms with Crippen LogP contribution < -0.4 is 14.4 Å². The Bertz CT molecular complexity index is 2250.